The van der Waals surface area contributed by atoms with E-state index in [0.29, 0.717) is 22.9 Å². The number of rotatable bonds is 6. The topological polar surface area (TPSA) is 82.4 Å². The van der Waals surface area contributed by atoms with Crippen LogP contribution in [0.4, 0.5) is 0 Å². The molecule has 0 saturated heterocycles. The largest absolute Gasteiger partial charge is 0.497 e. The molecule has 4 aromatic rings. The summed E-state index contributed by atoms with van der Waals surface area (Å²) in [6, 6.07) is 16.1. The van der Waals surface area contributed by atoms with Gasteiger partial charge in [-0.15, -0.1) is 0 Å². The summed E-state index contributed by atoms with van der Waals surface area (Å²) >= 11 is 0. The Morgan fingerprint density at radius 3 is 2.56 bits per heavy atom. The predicted octanol–water partition coefficient (Wildman–Crippen LogP) is 3.66. The third kappa shape index (κ3) is 3.48. The van der Waals surface area contributed by atoms with Gasteiger partial charge < -0.3 is 18.9 Å². The Bertz CT molecular complexity index is 1020. The van der Waals surface area contributed by atoms with E-state index in [0.717, 1.165) is 11.4 Å². The molecule has 1 N–H and O–H groups in total. The summed E-state index contributed by atoms with van der Waals surface area (Å²) < 4.78 is 17.4. The Labute approximate surface area is 155 Å². The third-order valence-corrected chi connectivity index (χ3v) is 4.04. The molecule has 3 aromatic heterocycles. The smallest absolute Gasteiger partial charge is 0.270 e. The molecule has 7 nitrogen and oxygen atoms in total. The van der Waals surface area contributed by atoms with Gasteiger partial charge in [0.05, 0.1) is 31.9 Å². The van der Waals surface area contributed by atoms with Crippen LogP contribution in [0.2, 0.25) is 0 Å². The fraction of sp³-hybridized carbons (Fsp3) is 0.100. The van der Waals surface area contributed by atoms with Crippen LogP contribution in [0.3, 0.4) is 0 Å². The van der Waals surface area contributed by atoms with Gasteiger partial charge in [-0.05, 0) is 48.5 Å². The second-order valence-electron chi connectivity index (χ2n) is 5.76. The highest BCUT2D eigenvalue weighted by molar-refractivity contribution is 5.94. The number of amides is 1. The first-order chi connectivity index (χ1) is 13.2. The summed E-state index contributed by atoms with van der Waals surface area (Å²) in [7, 11) is 1.60. The van der Waals surface area contributed by atoms with E-state index >= 15 is 0 Å². The van der Waals surface area contributed by atoms with Gasteiger partial charge in [-0.3, -0.25) is 4.79 Å². The zero-order valence-electron chi connectivity index (χ0n) is 14.6. The monoisotopic (exact) mass is 363 g/mol. The lowest BCUT2D eigenvalue weighted by Crippen LogP contribution is -2.25. The number of aromatic nitrogens is 2. The van der Waals surface area contributed by atoms with Crippen LogP contribution in [-0.4, -0.2) is 22.8 Å². The van der Waals surface area contributed by atoms with E-state index in [1.165, 1.54) is 0 Å². The van der Waals surface area contributed by atoms with Gasteiger partial charge in [0.2, 0.25) is 0 Å². The lowest BCUT2D eigenvalue weighted by molar-refractivity contribution is 0.0940. The van der Waals surface area contributed by atoms with E-state index in [-0.39, 0.29) is 12.5 Å². The van der Waals surface area contributed by atoms with E-state index in [1.54, 1.807) is 54.6 Å². The molecular weight excluding hydrogens is 346 g/mol. The van der Waals surface area contributed by atoms with Crippen LogP contribution < -0.4 is 10.1 Å². The van der Waals surface area contributed by atoms with E-state index in [1.807, 2.05) is 24.3 Å². The van der Waals surface area contributed by atoms with Crippen molar-refractivity contribution in [2.24, 2.45) is 0 Å². The second kappa shape index (κ2) is 7.25. The van der Waals surface area contributed by atoms with Gasteiger partial charge in [-0.2, -0.15) is 5.10 Å². The fourth-order valence-electron chi connectivity index (χ4n) is 2.68. The maximum atomic E-state index is 12.8. The summed E-state index contributed by atoms with van der Waals surface area (Å²) in [6.45, 7) is 0.287. The lowest BCUT2D eigenvalue weighted by atomic mass is 10.2. The molecule has 3 heterocycles. The second-order valence-corrected chi connectivity index (χ2v) is 5.76. The SMILES string of the molecule is COc1ccc(-n2nc(-c3ccco3)cc2C(=O)NCc2ccco2)cc1. The minimum absolute atomic E-state index is 0.271. The number of furan rings is 2. The summed E-state index contributed by atoms with van der Waals surface area (Å²) in [5.74, 6) is 1.71. The Hall–Kier alpha value is -3.74. The molecule has 0 unspecified atom stereocenters. The molecule has 7 heteroatoms. The van der Waals surface area contributed by atoms with Crippen molar-refractivity contribution in [1.82, 2.24) is 15.1 Å². The highest BCUT2D eigenvalue weighted by atomic mass is 16.5. The molecule has 0 spiro atoms. The van der Waals surface area contributed by atoms with Crippen molar-refractivity contribution in [1.29, 1.82) is 0 Å². The first-order valence-corrected chi connectivity index (χ1v) is 8.33. The van der Waals surface area contributed by atoms with E-state index in [4.69, 9.17) is 13.6 Å². The molecular formula is C20H17N3O4. The molecule has 4 rings (SSSR count). The molecule has 1 aromatic carbocycles. The van der Waals surface area contributed by atoms with E-state index in [2.05, 4.69) is 10.4 Å². The van der Waals surface area contributed by atoms with Crippen molar-refractivity contribution < 1.29 is 18.4 Å². The summed E-state index contributed by atoms with van der Waals surface area (Å²) in [6.07, 6.45) is 3.14. The van der Waals surface area contributed by atoms with Crippen LogP contribution in [0, 0.1) is 0 Å². The minimum Gasteiger partial charge on any atom is -0.497 e. The van der Waals surface area contributed by atoms with Gasteiger partial charge >= 0.3 is 0 Å². The van der Waals surface area contributed by atoms with Crippen molar-refractivity contribution in [3.05, 3.63) is 78.6 Å². The summed E-state index contributed by atoms with van der Waals surface area (Å²) in [5.41, 5.74) is 1.69. The molecule has 27 heavy (non-hydrogen) atoms. The third-order valence-electron chi connectivity index (χ3n) is 4.04. The normalized spacial score (nSPS) is 10.7. The number of benzene rings is 1. The molecule has 0 radical (unpaired) electrons. The lowest BCUT2D eigenvalue weighted by Gasteiger charge is -2.08. The number of nitrogens with one attached hydrogen (secondary N) is 1. The van der Waals surface area contributed by atoms with Crippen molar-refractivity contribution in [2.45, 2.75) is 6.54 Å². The van der Waals surface area contributed by atoms with Crippen LogP contribution in [0.15, 0.2) is 76.0 Å². The zero-order chi connectivity index (χ0) is 18.6. The van der Waals surface area contributed by atoms with E-state index in [9.17, 15) is 4.79 Å². The van der Waals surface area contributed by atoms with Crippen molar-refractivity contribution in [3.8, 4) is 22.9 Å². The van der Waals surface area contributed by atoms with Crippen LogP contribution in [0.5, 0.6) is 5.75 Å². The summed E-state index contributed by atoms with van der Waals surface area (Å²) in [4.78, 5) is 12.8. The van der Waals surface area contributed by atoms with Gasteiger partial charge in [0.1, 0.15) is 22.9 Å². The first kappa shape index (κ1) is 16.7. The van der Waals surface area contributed by atoms with Crippen molar-refractivity contribution in [2.75, 3.05) is 7.11 Å². The molecule has 0 atom stereocenters. The van der Waals surface area contributed by atoms with Gasteiger partial charge in [-0.25, -0.2) is 4.68 Å². The number of hydrogen-bond donors (Lipinski definition) is 1. The van der Waals surface area contributed by atoms with Crippen molar-refractivity contribution in [3.63, 3.8) is 0 Å². The number of ether oxygens (including phenoxy) is 1. The predicted molar refractivity (Wildman–Crippen MR) is 97.7 cm³/mol. The molecule has 0 saturated carbocycles. The molecule has 0 aliphatic heterocycles. The Balaban J connectivity index is 1.68. The van der Waals surface area contributed by atoms with Gasteiger partial charge in [0.25, 0.3) is 5.91 Å². The van der Waals surface area contributed by atoms with Gasteiger partial charge in [0.15, 0.2) is 5.76 Å². The van der Waals surface area contributed by atoms with Crippen LogP contribution >= 0.6 is 0 Å². The fourth-order valence-corrected chi connectivity index (χ4v) is 2.68. The number of methoxy groups -OCH3 is 1. The van der Waals surface area contributed by atoms with Crippen LogP contribution in [0.1, 0.15) is 16.2 Å². The standard InChI is InChI=1S/C20H17N3O4/c1-25-15-8-6-14(7-9-15)23-18(12-17(22-23)19-5-3-11-27-19)20(24)21-13-16-4-2-10-26-16/h2-12H,13H2,1H3,(H,21,24). The molecule has 0 aliphatic rings. The highest BCUT2D eigenvalue weighted by Crippen LogP contribution is 2.23. The number of nitrogens with zero attached hydrogens (tertiary/aromatic N) is 2. The van der Waals surface area contributed by atoms with Gasteiger partial charge in [0, 0.05) is 6.07 Å². The first-order valence-electron chi connectivity index (χ1n) is 8.33. The average molecular weight is 363 g/mol. The molecule has 0 aliphatic carbocycles. The van der Waals surface area contributed by atoms with Gasteiger partial charge in [-0.1, -0.05) is 0 Å². The van der Waals surface area contributed by atoms with Crippen LogP contribution in [0.25, 0.3) is 17.1 Å². The summed E-state index contributed by atoms with van der Waals surface area (Å²) in [5, 5.41) is 7.39. The zero-order valence-corrected chi connectivity index (χ0v) is 14.6. The maximum absolute atomic E-state index is 12.8. The average Bonchev–Trinajstić information content (AvgIpc) is 3.47. The number of carbonyl (C=O) groups is 1. The Kier molecular flexibility index (Phi) is 4.49. The molecule has 0 bridgehead atoms. The van der Waals surface area contributed by atoms with Crippen molar-refractivity contribution >= 4 is 5.91 Å². The Morgan fingerprint density at radius 1 is 1.11 bits per heavy atom. The van der Waals surface area contributed by atoms with E-state index < -0.39 is 0 Å². The maximum Gasteiger partial charge on any atom is 0.270 e. The highest BCUT2D eigenvalue weighted by Gasteiger charge is 2.19. The number of hydrogen-bond acceptors (Lipinski definition) is 5. The van der Waals surface area contributed by atoms with Crippen LogP contribution in [-0.2, 0) is 6.54 Å². The minimum atomic E-state index is -0.271. The Morgan fingerprint density at radius 2 is 1.89 bits per heavy atom. The molecule has 0 fully saturated rings. The number of carbonyl (C=O) groups excluding carboxylic acids is 1. The molecule has 136 valence electrons. The quantitative estimate of drug-likeness (QED) is 0.565. The molecule has 1 amide bonds.